The van der Waals surface area contributed by atoms with Gasteiger partial charge in [0.2, 0.25) is 0 Å². The van der Waals surface area contributed by atoms with Gasteiger partial charge in [0.15, 0.2) is 5.96 Å². The molecule has 6 heteroatoms. The monoisotopic (exact) mass is 329 g/mol. The van der Waals surface area contributed by atoms with Gasteiger partial charge in [-0.25, -0.2) is 0 Å². The zero-order chi connectivity index (χ0) is 16.8. The molecule has 0 spiro atoms. The predicted octanol–water partition coefficient (Wildman–Crippen LogP) is 2.76. The van der Waals surface area contributed by atoms with Gasteiger partial charge in [-0.3, -0.25) is 4.99 Å². The lowest BCUT2D eigenvalue weighted by Crippen LogP contribution is -2.38. The van der Waals surface area contributed by atoms with Crippen LogP contribution in [0.1, 0.15) is 16.8 Å². The molecule has 2 aromatic rings. The van der Waals surface area contributed by atoms with Crippen LogP contribution in [0.4, 0.5) is 0 Å². The van der Waals surface area contributed by atoms with E-state index in [2.05, 4.69) is 16.4 Å². The fourth-order valence-corrected chi connectivity index (χ4v) is 2.58. The molecule has 0 aliphatic rings. The van der Waals surface area contributed by atoms with Crippen LogP contribution in [0.5, 0.6) is 0 Å². The molecule has 0 fully saturated rings. The second kappa shape index (κ2) is 7.70. The highest BCUT2D eigenvalue weighted by molar-refractivity contribution is 6.30. The SMILES string of the molecule is CN=C(NCc1ccc(C#N)cc1)N(C)Cc1cc(Cl)cn1C. The maximum absolute atomic E-state index is 8.82. The van der Waals surface area contributed by atoms with Crippen LogP contribution < -0.4 is 5.32 Å². The molecule has 2 rings (SSSR count). The first-order valence-corrected chi connectivity index (χ1v) is 7.63. The predicted molar refractivity (Wildman–Crippen MR) is 93.2 cm³/mol. The maximum Gasteiger partial charge on any atom is 0.194 e. The fourth-order valence-electron chi connectivity index (χ4n) is 2.30. The summed E-state index contributed by atoms with van der Waals surface area (Å²) < 4.78 is 2.01. The molecule has 1 N–H and O–H groups in total. The fraction of sp³-hybridized carbons (Fsp3) is 0.294. The van der Waals surface area contributed by atoms with Gasteiger partial charge in [-0.15, -0.1) is 0 Å². The van der Waals surface area contributed by atoms with Crippen molar-refractivity contribution < 1.29 is 0 Å². The molecule has 1 aromatic heterocycles. The van der Waals surface area contributed by atoms with Gasteiger partial charge in [0.05, 0.1) is 23.2 Å². The summed E-state index contributed by atoms with van der Waals surface area (Å²) in [5, 5.41) is 12.9. The van der Waals surface area contributed by atoms with Crippen molar-refractivity contribution in [3.05, 3.63) is 58.4 Å². The number of guanidine groups is 1. The van der Waals surface area contributed by atoms with Gasteiger partial charge in [0.1, 0.15) is 0 Å². The zero-order valence-corrected chi connectivity index (χ0v) is 14.3. The quantitative estimate of drug-likeness (QED) is 0.693. The van der Waals surface area contributed by atoms with E-state index < -0.39 is 0 Å². The number of hydrogen-bond donors (Lipinski definition) is 1. The molecule has 23 heavy (non-hydrogen) atoms. The maximum atomic E-state index is 8.82. The topological polar surface area (TPSA) is 56.4 Å². The Hall–Kier alpha value is -2.45. The van der Waals surface area contributed by atoms with Crippen LogP contribution >= 0.6 is 11.6 Å². The number of halogens is 1. The number of nitrogens with one attached hydrogen (secondary N) is 1. The summed E-state index contributed by atoms with van der Waals surface area (Å²) >= 11 is 6.02. The Kier molecular flexibility index (Phi) is 5.67. The van der Waals surface area contributed by atoms with Gasteiger partial charge in [0.25, 0.3) is 0 Å². The van der Waals surface area contributed by atoms with Crippen LogP contribution in [0.15, 0.2) is 41.5 Å². The van der Waals surface area contributed by atoms with E-state index >= 15 is 0 Å². The van der Waals surface area contributed by atoms with Gasteiger partial charge in [-0.05, 0) is 23.8 Å². The second-order valence-corrected chi connectivity index (χ2v) is 5.76. The molecule has 0 amide bonds. The molecule has 0 unspecified atom stereocenters. The van der Waals surface area contributed by atoms with Gasteiger partial charge < -0.3 is 14.8 Å². The van der Waals surface area contributed by atoms with E-state index in [0.29, 0.717) is 18.7 Å². The number of nitrogens with zero attached hydrogens (tertiary/aromatic N) is 4. The molecule has 1 heterocycles. The minimum absolute atomic E-state index is 0.649. The number of aryl methyl sites for hydroxylation is 1. The number of rotatable bonds is 4. The molecule has 0 bridgehead atoms. The summed E-state index contributed by atoms with van der Waals surface area (Å²) in [6, 6.07) is 11.6. The van der Waals surface area contributed by atoms with Crippen LogP contribution in [0, 0.1) is 11.3 Å². The van der Waals surface area contributed by atoms with E-state index in [0.717, 1.165) is 22.2 Å². The average molecular weight is 330 g/mol. The Balaban J connectivity index is 1.96. The second-order valence-electron chi connectivity index (χ2n) is 5.33. The summed E-state index contributed by atoms with van der Waals surface area (Å²) in [5.41, 5.74) is 2.87. The molecule has 0 saturated heterocycles. The highest BCUT2D eigenvalue weighted by Crippen LogP contribution is 2.14. The summed E-state index contributed by atoms with van der Waals surface area (Å²) in [6.45, 7) is 1.35. The molecule has 0 atom stereocenters. The smallest absolute Gasteiger partial charge is 0.194 e. The van der Waals surface area contributed by atoms with Gasteiger partial charge >= 0.3 is 0 Å². The van der Waals surface area contributed by atoms with E-state index in [1.54, 1.807) is 7.05 Å². The van der Waals surface area contributed by atoms with Crippen LogP contribution in [0.25, 0.3) is 0 Å². The Labute approximate surface area is 141 Å². The van der Waals surface area contributed by atoms with E-state index in [4.69, 9.17) is 16.9 Å². The number of benzene rings is 1. The molecule has 5 nitrogen and oxygen atoms in total. The average Bonchev–Trinajstić information content (AvgIpc) is 2.86. The van der Waals surface area contributed by atoms with Crippen LogP contribution in [0.3, 0.4) is 0 Å². The molecular formula is C17H20ClN5. The third-order valence-electron chi connectivity index (χ3n) is 3.58. The van der Waals surface area contributed by atoms with Crippen molar-refractivity contribution >= 4 is 17.6 Å². The number of nitriles is 1. The molecular weight excluding hydrogens is 310 g/mol. The Morgan fingerprint density at radius 3 is 2.61 bits per heavy atom. The summed E-state index contributed by atoms with van der Waals surface area (Å²) in [7, 11) is 5.71. The molecule has 0 radical (unpaired) electrons. The first-order valence-electron chi connectivity index (χ1n) is 7.25. The molecule has 0 aliphatic heterocycles. The van der Waals surface area contributed by atoms with Crippen molar-refractivity contribution in [3.8, 4) is 6.07 Å². The minimum atomic E-state index is 0.649. The molecule has 1 aromatic carbocycles. The van der Waals surface area contributed by atoms with Crippen molar-refractivity contribution in [2.45, 2.75) is 13.1 Å². The normalized spacial score (nSPS) is 11.2. The zero-order valence-electron chi connectivity index (χ0n) is 13.5. The van der Waals surface area contributed by atoms with E-state index in [1.165, 1.54) is 0 Å². The first-order chi connectivity index (χ1) is 11.0. The van der Waals surface area contributed by atoms with Crippen molar-refractivity contribution in [2.75, 3.05) is 14.1 Å². The summed E-state index contributed by atoms with van der Waals surface area (Å²) in [4.78, 5) is 6.34. The molecule has 0 aliphatic carbocycles. The highest BCUT2D eigenvalue weighted by atomic mass is 35.5. The van der Waals surface area contributed by atoms with Crippen molar-refractivity contribution in [1.29, 1.82) is 5.26 Å². The van der Waals surface area contributed by atoms with Crippen LogP contribution in [-0.2, 0) is 20.1 Å². The van der Waals surface area contributed by atoms with Crippen molar-refractivity contribution in [3.63, 3.8) is 0 Å². The molecule has 0 saturated carbocycles. The van der Waals surface area contributed by atoms with E-state index in [9.17, 15) is 0 Å². The number of hydrogen-bond acceptors (Lipinski definition) is 2. The largest absolute Gasteiger partial charge is 0.352 e. The summed E-state index contributed by atoms with van der Waals surface area (Å²) in [5.74, 6) is 0.798. The van der Waals surface area contributed by atoms with Crippen LogP contribution in [0.2, 0.25) is 5.02 Å². The van der Waals surface area contributed by atoms with E-state index in [1.807, 2.05) is 60.1 Å². The van der Waals surface area contributed by atoms with Gasteiger partial charge in [0, 0.05) is 39.6 Å². The minimum Gasteiger partial charge on any atom is -0.352 e. The third-order valence-corrected chi connectivity index (χ3v) is 3.79. The third kappa shape index (κ3) is 4.51. The van der Waals surface area contributed by atoms with Crippen molar-refractivity contribution in [1.82, 2.24) is 14.8 Å². The van der Waals surface area contributed by atoms with Gasteiger partial charge in [-0.1, -0.05) is 23.7 Å². The Morgan fingerprint density at radius 1 is 1.39 bits per heavy atom. The Bertz CT molecular complexity index is 724. The highest BCUT2D eigenvalue weighted by Gasteiger charge is 2.09. The summed E-state index contributed by atoms with van der Waals surface area (Å²) in [6.07, 6.45) is 1.89. The lowest BCUT2D eigenvalue weighted by atomic mass is 10.1. The number of aromatic nitrogens is 1. The van der Waals surface area contributed by atoms with Gasteiger partial charge in [-0.2, -0.15) is 5.26 Å². The first kappa shape index (κ1) is 16.9. The van der Waals surface area contributed by atoms with E-state index in [-0.39, 0.29) is 0 Å². The number of aliphatic imine (C=N–C) groups is 1. The Morgan fingerprint density at radius 2 is 2.09 bits per heavy atom. The standard InChI is InChI=1S/C17H20ClN5/c1-20-17(21-10-14-6-4-13(9-19)5-7-14)23(3)12-16-8-15(18)11-22(16)2/h4-8,11H,10,12H2,1-3H3,(H,20,21). The van der Waals surface area contributed by atoms with Crippen molar-refractivity contribution in [2.24, 2.45) is 12.0 Å². The lowest BCUT2D eigenvalue weighted by Gasteiger charge is -2.22. The molecule has 120 valence electrons. The lowest BCUT2D eigenvalue weighted by molar-refractivity contribution is 0.461. The van der Waals surface area contributed by atoms with Crippen LogP contribution in [-0.4, -0.2) is 29.5 Å².